The number of nitrogens with zero attached hydrogens (tertiary/aromatic N) is 2. The largest absolute Gasteiger partial charge is 0.495 e. The zero-order valence-corrected chi connectivity index (χ0v) is 13.6. The van der Waals surface area contributed by atoms with Crippen molar-refractivity contribution in [2.24, 2.45) is 0 Å². The molecule has 3 rings (SSSR count). The summed E-state index contributed by atoms with van der Waals surface area (Å²) < 4.78 is 37.9. The Morgan fingerprint density at radius 2 is 2.00 bits per heavy atom. The average Bonchev–Trinajstić information content (AvgIpc) is 2.90. The molecule has 0 fully saturated rings. The second-order valence-corrected chi connectivity index (χ2v) is 6.78. The molecule has 23 heavy (non-hydrogen) atoms. The lowest BCUT2D eigenvalue weighted by Gasteiger charge is -2.12. The molecule has 0 saturated carbocycles. The van der Waals surface area contributed by atoms with E-state index in [-0.39, 0.29) is 4.90 Å². The van der Waals surface area contributed by atoms with Crippen LogP contribution in [-0.4, -0.2) is 25.7 Å². The molecule has 0 amide bonds. The highest BCUT2D eigenvalue weighted by Crippen LogP contribution is 2.28. The van der Waals surface area contributed by atoms with Crippen LogP contribution in [0.3, 0.4) is 0 Å². The van der Waals surface area contributed by atoms with Gasteiger partial charge in [-0.2, -0.15) is 0 Å². The lowest BCUT2D eigenvalue weighted by molar-refractivity contribution is 0.416. The van der Waals surface area contributed by atoms with Crippen LogP contribution in [0.2, 0.25) is 0 Å². The van der Waals surface area contributed by atoms with Gasteiger partial charge in [-0.05, 0) is 37.6 Å². The number of hydrogen-bond donors (Lipinski definition) is 1. The molecule has 0 aliphatic carbocycles. The molecule has 0 atom stereocenters. The number of methoxy groups -OCH3 is 1. The maximum Gasteiger partial charge on any atom is 0.263 e. The van der Waals surface area contributed by atoms with Crippen LogP contribution in [-0.2, 0) is 10.0 Å². The van der Waals surface area contributed by atoms with Crippen molar-refractivity contribution >= 4 is 26.8 Å². The quantitative estimate of drug-likeness (QED) is 0.789. The van der Waals surface area contributed by atoms with Gasteiger partial charge in [-0.25, -0.2) is 13.4 Å². The molecule has 120 valence electrons. The van der Waals surface area contributed by atoms with Crippen molar-refractivity contribution in [3.63, 3.8) is 0 Å². The Balaban J connectivity index is 2.02. The van der Waals surface area contributed by atoms with Gasteiger partial charge in [0.1, 0.15) is 10.6 Å². The van der Waals surface area contributed by atoms with E-state index in [1.165, 1.54) is 19.4 Å². The van der Waals surface area contributed by atoms with E-state index in [4.69, 9.17) is 9.26 Å². The number of nitrogens with one attached hydrogen (secondary N) is 1. The summed E-state index contributed by atoms with van der Waals surface area (Å²) in [5, 5.41) is 4.33. The monoisotopic (exact) mass is 333 g/mol. The van der Waals surface area contributed by atoms with Crippen LogP contribution >= 0.6 is 0 Å². The number of hydrogen-bond acceptors (Lipinski definition) is 6. The van der Waals surface area contributed by atoms with Crippen molar-refractivity contribution in [3.8, 4) is 5.75 Å². The van der Waals surface area contributed by atoms with Crippen molar-refractivity contribution in [2.45, 2.75) is 18.7 Å². The van der Waals surface area contributed by atoms with Gasteiger partial charge in [-0.1, -0.05) is 11.2 Å². The predicted octanol–water partition coefficient (Wildman–Crippen LogP) is 2.65. The topological polar surface area (TPSA) is 94.3 Å². The third kappa shape index (κ3) is 2.85. The first kappa shape index (κ1) is 15.3. The standard InChI is InChI=1S/C15H15N3O4S/c1-9-4-5-13(14(6-9)21-3)18-23(19,20)11-7-12-10(2)17-22-15(12)16-8-11/h4-8,18H,1-3H3. The van der Waals surface area contributed by atoms with Crippen molar-refractivity contribution in [3.05, 3.63) is 41.7 Å². The van der Waals surface area contributed by atoms with Crippen LogP contribution in [0.15, 0.2) is 39.9 Å². The van der Waals surface area contributed by atoms with Crippen molar-refractivity contribution in [1.29, 1.82) is 0 Å². The first-order valence-corrected chi connectivity index (χ1v) is 8.28. The summed E-state index contributed by atoms with van der Waals surface area (Å²) >= 11 is 0. The highest BCUT2D eigenvalue weighted by molar-refractivity contribution is 7.92. The van der Waals surface area contributed by atoms with Gasteiger partial charge in [0.05, 0.1) is 30.1 Å². The van der Waals surface area contributed by atoms with E-state index < -0.39 is 10.0 Å². The lowest BCUT2D eigenvalue weighted by atomic mass is 10.2. The summed E-state index contributed by atoms with van der Waals surface area (Å²) in [6, 6.07) is 6.69. The number of aromatic nitrogens is 2. The molecule has 0 radical (unpaired) electrons. The van der Waals surface area contributed by atoms with Crippen LogP contribution in [0.1, 0.15) is 11.3 Å². The number of fused-ring (bicyclic) bond motifs is 1. The molecular weight excluding hydrogens is 318 g/mol. The van der Waals surface area contributed by atoms with E-state index in [0.717, 1.165) is 5.56 Å². The minimum Gasteiger partial charge on any atom is -0.495 e. The maximum absolute atomic E-state index is 12.6. The third-order valence-corrected chi connectivity index (χ3v) is 4.73. The number of sulfonamides is 1. The minimum atomic E-state index is -3.81. The van der Waals surface area contributed by atoms with E-state index in [9.17, 15) is 8.42 Å². The molecule has 2 heterocycles. The van der Waals surface area contributed by atoms with Crippen LogP contribution in [0.5, 0.6) is 5.75 Å². The third-order valence-electron chi connectivity index (χ3n) is 3.40. The Kier molecular flexibility index (Phi) is 3.69. The fourth-order valence-electron chi connectivity index (χ4n) is 2.16. The molecule has 0 spiro atoms. The SMILES string of the molecule is COc1cc(C)ccc1NS(=O)(=O)c1cnc2onc(C)c2c1. The average molecular weight is 333 g/mol. The van der Waals surface area contributed by atoms with E-state index >= 15 is 0 Å². The Labute approximate surface area is 133 Å². The lowest BCUT2D eigenvalue weighted by Crippen LogP contribution is -2.14. The number of ether oxygens (including phenoxy) is 1. The molecule has 0 aliphatic heterocycles. The number of benzene rings is 1. The molecule has 8 heteroatoms. The summed E-state index contributed by atoms with van der Waals surface area (Å²) in [4.78, 5) is 4.01. The molecule has 1 N–H and O–H groups in total. The van der Waals surface area contributed by atoms with Gasteiger partial charge in [-0.3, -0.25) is 4.72 Å². The molecule has 0 aliphatic rings. The molecule has 2 aromatic heterocycles. The summed E-state index contributed by atoms with van der Waals surface area (Å²) in [7, 11) is -2.32. The fourth-order valence-corrected chi connectivity index (χ4v) is 3.20. The second-order valence-electron chi connectivity index (χ2n) is 5.10. The Bertz CT molecular complexity index is 980. The van der Waals surface area contributed by atoms with Crippen molar-refractivity contribution < 1.29 is 17.7 Å². The first-order chi connectivity index (χ1) is 10.9. The maximum atomic E-state index is 12.6. The van der Waals surface area contributed by atoms with E-state index in [0.29, 0.717) is 28.2 Å². The van der Waals surface area contributed by atoms with Gasteiger partial charge in [-0.15, -0.1) is 0 Å². The number of anilines is 1. The van der Waals surface area contributed by atoms with Crippen molar-refractivity contribution in [1.82, 2.24) is 10.1 Å². The molecule has 7 nitrogen and oxygen atoms in total. The summed E-state index contributed by atoms with van der Waals surface area (Å²) in [6.45, 7) is 3.62. The number of rotatable bonds is 4. The highest BCUT2D eigenvalue weighted by Gasteiger charge is 2.19. The minimum absolute atomic E-state index is 0.0268. The second kappa shape index (κ2) is 5.54. The predicted molar refractivity (Wildman–Crippen MR) is 85.1 cm³/mol. The Morgan fingerprint density at radius 1 is 1.22 bits per heavy atom. The Hall–Kier alpha value is -2.61. The van der Waals surface area contributed by atoms with Gasteiger partial charge in [0.25, 0.3) is 15.7 Å². The summed E-state index contributed by atoms with van der Waals surface area (Å²) in [6.07, 6.45) is 1.23. The normalized spacial score (nSPS) is 11.6. The summed E-state index contributed by atoms with van der Waals surface area (Å²) in [5.41, 5.74) is 2.21. The van der Waals surface area contributed by atoms with Crippen LogP contribution < -0.4 is 9.46 Å². The molecular formula is C15H15N3O4S. The molecule has 0 unspecified atom stereocenters. The molecule has 3 aromatic rings. The molecule has 1 aromatic carbocycles. The van der Waals surface area contributed by atoms with Gasteiger partial charge < -0.3 is 9.26 Å². The van der Waals surface area contributed by atoms with E-state index in [1.807, 2.05) is 6.92 Å². The van der Waals surface area contributed by atoms with E-state index in [1.54, 1.807) is 25.1 Å². The van der Waals surface area contributed by atoms with Crippen LogP contribution in [0.25, 0.3) is 11.1 Å². The smallest absolute Gasteiger partial charge is 0.263 e. The first-order valence-electron chi connectivity index (χ1n) is 6.80. The zero-order valence-electron chi connectivity index (χ0n) is 12.8. The van der Waals surface area contributed by atoms with Gasteiger partial charge in [0.15, 0.2) is 0 Å². The zero-order chi connectivity index (χ0) is 16.6. The van der Waals surface area contributed by atoms with E-state index in [2.05, 4.69) is 14.9 Å². The van der Waals surface area contributed by atoms with Crippen LogP contribution in [0.4, 0.5) is 5.69 Å². The van der Waals surface area contributed by atoms with Gasteiger partial charge in [0.2, 0.25) is 0 Å². The number of pyridine rings is 1. The molecule has 0 bridgehead atoms. The van der Waals surface area contributed by atoms with Gasteiger partial charge in [0, 0.05) is 0 Å². The number of aryl methyl sites for hydroxylation is 2. The van der Waals surface area contributed by atoms with Crippen molar-refractivity contribution in [2.75, 3.05) is 11.8 Å². The molecule has 0 saturated heterocycles. The fraction of sp³-hybridized carbons (Fsp3) is 0.200. The highest BCUT2D eigenvalue weighted by atomic mass is 32.2. The van der Waals surface area contributed by atoms with Crippen LogP contribution in [0, 0.1) is 13.8 Å². The summed E-state index contributed by atoms with van der Waals surface area (Å²) in [5.74, 6) is 0.448. The van der Waals surface area contributed by atoms with Gasteiger partial charge >= 0.3 is 0 Å². The Morgan fingerprint density at radius 3 is 2.74 bits per heavy atom.